The van der Waals surface area contributed by atoms with E-state index in [0.717, 1.165) is 42.5 Å². The van der Waals surface area contributed by atoms with Gasteiger partial charge in [0.05, 0.1) is 22.7 Å². The van der Waals surface area contributed by atoms with Crippen LogP contribution in [-0.4, -0.2) is 38.9 Å². The van der Waals surface area contributed by atoms with Crippen molar-refractivity contribution in [1.29, 1.82) is 0 Å². The molecule has 3 heterocycles. The van der Waals surface area contributed by atoms with E-state index in [4.69, 9.17) is 0 Å². The number of hydrogen-bond acceptors (Lipinski definition) is 4. The third kappa shape index (κ3) is 1.61. The van der Waals surface area contributed by atoms with Gasteiger partial charge in [-0.1, -0.05) is 6.42 Å². The van der Waals surface area contributed by atoms with E-state index in [1.54, 1.807) is 10.9 Å². The number of carboxylic acid groups (broad SMARTS) is 1. The molecule has 2 aromatic rings. The Morgan fingerprint density at radius 2 is 2.38 bits per heavy atom. The minimum atomic E-state index is -0.635. The molecule has 2 fully saturated rings. The highest BCUT2D eigenvalue weighted by Gasteiger charge is 2.55. The third-order valence-corrected chi connectivity index (χ3v) is 5.25. The van der Waals surface area contributed by atoms with Crippen LogP contribution >= 0.6 is 0 Å². The summed E-state index contributed by atoms with van der Waals surface area (Å²) in [6.45, 7) is 1.42. The highest BCUT2D eigenvalue weighted by molar-refractivity contribution is 5.90. The van der Waals surface area contributed by atoms with Gasteiger partial charge >= 0.3 is 5.97 Å². The van der Waals surface area contributed by atoms with Gasteiger partial charge in [-0.05, 0) is 24.8 Å². The molecule has 1 saturated heterocycles. The number of carbonyl (C=O) groups is 1. The lowest BCUT2D eigenvalue weighted by atomic mass is 9.81. The lowest BCUT2D eigenvalue weighted by Gasteiger charge is -2.24. The zero-order valence-electron chi connectivity index (χ0n) is 12.0. The van der Waals surface area contributed by atoms with Crippen molar-refractivity contribution in [3.63, 3.8) is 0 Å². The maximum absolute atomic E-state index is 11.8. The molecule has 1 saturated carbocycles. The monoisotopic (exact) mass is 286 g/mol. The van der Waals surface area contributed by atoms with E-state index in [9.17, 15) is 9.90 Å². The molecule has 6 heteroatoms. The van der Waals surface area contributed by atoms with Gasteiger partial charge in [-0.3, -0.25) is 9.48 Å². The molecule has 1 aliphatic carbocycles. The van der Waals surface area contributed by atoms with Crippen molar-refractivity contribution in [3.8, 4) is 0 Å². The van der Waals surface area contributed by atoms with E-state index in [1.165, 1.54) is 0 Å². The summed E-state index contributed by atoms with van der Waals surface area (Å²) >= 11 is 0. The number of aromatic nitrogens is 3. The molecule has 4 rings (SSSR count). The molecule has 0 bridgehead atoms. The molecular formula is C15H18N4O2. The molecule has 1 aliphatic heterocycles. The second-order valence-electron chi connectivity index (χ2n) is 6.27. The molecule has 0 unspecified atom stereocenters. The Morgan fingerprint density at radius 1 is 1.52 bits per heavy atom. The summed E-state index contributed by atoms with van der Waals surface area (Å²) in [7, 11) is 1.87. The van der Waals surface area contributed by atoms with Gasteiger partial charge in [0.2, 0.25) is 0 Å². The highest BCUT2D eigenvalue weighted by Crippen LogP contribution is 2.50. The van der Waals surface area contributed by atoms with Gasteiger partial charge in [-0.15, -0.1) is 0 Å². The van der Waals surface area contributed by atoms with Crippen LogP contribution < -0.4 is 4.90 Å². The molecule has 0 spiro atoms. The van der Waals surface area contributed by atoms with E-state index in [0.29, 0.717) is 6.54 Å². The van der Waals surface area contributed by atoms with Crippen molar-refractivity contribution >= 4 is 22.7 Å². The smallest absolute Gasteiger partial charge is 0.311 e. The summed E-state index contributed by atoms with van der Waals surface area (Å²) in [4.78, 5) is 18.4. The Labute approximate surface area is 122 Å². The largest absolute Gasteiger partial charge is 0.481 e. The maximum Gasteiger partial charge on any atom is 0.311 e. The standard InChI is InChI=1S/C15H18N4O2/c1-18-13-11(7-17-18)12(4-6-16-13)19-8-10-3-2-5-15(10,9-19)14(20)21/h4,6-7,10H,2-3,5,8-9H2,1H3,(H,20,21)/t10-,15+/m0/s1. The number of aliphatic carboxylic acids is 1. The molecule has 0 aromatic carbocycles. The van der Waals surface area contributed by atoms with E-state index in [2.05, 4.69) is 15.0 Å². The van der Waals surface area contributed by atoms with Gasteiger partial charge in [0.15, 0.2) is 5.65 Å². The van der Waals surface area contributed by atoms with Crippen molar-refractivity contribution in [2.75, 3.05) is 18.0 Å². The van der Waals surface area contributed by atoms with Crippen LogP contribution in [0.5, 0.6) is 0 Å². The SMILES string of the molecule is Cn1ncc2c(N3C[C@@H]4CCC[C@@]4(C(=O)O)C3)ccnc21. The Kier molecular flexibility index (Phi) is 2.52. The van der Waals surface area contributed by atoms with Gasteiger partial charge in [-0.2, -0.15) is 5.10 Å². The first-order valence-electron chi connectivity index (χ1n) is 7.37. The van der Waals surface area contributed by atoms with Crippen molar-refractivity contribution in [2.45, 2.75) is 19.3 Å². The summed E-state index contributed by atoms with van der Waals surface area (Å²) in [5.74, 6) is -0.376. The second kappa shape index (κ2) is 4.19. The molecule has 21 heavy (non-hydrogen) atoms. The Bertz CT molecular complexity index is 726. The summed E-state index contributed by atoms with van der Waals surface area (Å²) in [5.41, 5.74) is 1.34. The topological polar surface area (TPSA) is 71.2 Å². The van der Waals surface area contributed by atoms with Crippen LogP contribution in [-0.2, 0) is 11.8 Å². The summed E-state index contributed by atoms with van der Waals surface area (Å²) in [6, 6.07) is 1.97. The normalized spacial score (nSPS) is 28.2. The zero-order chi connectivity index (χ0) is 14.6. The van der Waals surface area contributed by atoms with Crippen LogP contribution in [0, 0.1) is 11.3 Å². The summed E-state index contributed by atoms with van der Waals surface area (Å²) in [5, 5.41) is 15.0. The zero-order valence-corrected chi connectivity index (χ0v) is 12.0. The number of nitrogens with zero attached hydrogens (tertiary/aromatic N) is 4. The number of rotatable bonds is 2. The quantitative estimate of drug-likeness (QED) is 0.909. The van der Waals surface area contributed by atoms with E-state index >= 15 is 0 Å². The fraction of sp³-hybridized carbons (Fsp3) is 0.533. The van der Waals surface area contributed by atoms with Gasteiger partial charge in [-0.25, -0.2) is 4.98 Å². The average molecular weight is 286 g/mol. The predicted molar refractivity (Wildman–Crippen MR) is 78.1 cm³/mol. The van der Waals surface area contributed by atoms with E-state index in [-0.39, 0.29) is 5.92 Å². The Hall–Kier alpha value is -2.11. The van der Waals surface area contributed by atoms with Gasteiger partial charge in [0, 0.05) is 26.3 Å². The van der Waals surface area contributed by atoms with Crippen LogP contribution in [0.2, 0.25) is 0 Å². The number of hydrogen-bond donors (Lipinski definition) is 1. The minimum absolute atomic E-state index is 0.259. The fourth-order valence-electron chi connectivity index (χ4n) is 4.13. The Balaban J connectivity index is 1.76. The van der Waals surface area contributed by atoms with Crippen LogP contribution in [0.1, 0.15) is 19.3 Å². The van der Waals surface area contributed by atoms with Crippen LogP contribution in [0.3, 0.4) is 0 Å². The summed E-state index contributed by atoms with van der Waals surface area (Å²) in [6.07, 6.45) is 6.44. The van der Waals surface area contributed by atoms with Crippen LogP contribution in [0.4, 0.5) is 5.69 Å². The minimum Gasteiger partial charge on any atom is -0.481 e. The molecule has 6 nitrogen and oxygen atoms in total. The molecule has 1 N–H and O–H groups in total. The molecule has 2 aliphatic rings. The lowest BCUT2D eigenvalue weighted by molar-refractivity contribution is -0.149. The van der Waals surface area contributed by atoms with Crippen LogP contribution in [0.25, 0.3) is 11.0 Å². The second-order valence-corrected chi connectivity index (χ2v) is 6.27. The third-order valence-electron chi connectivity index (χ3n) is 5.25. The summed E-state index contributed by atoms with van der Waals surface area (Å²) < 4.78 is 1.75. The van der Waals surface area contributed by atoms with Crippen LogP contribution in [0.15, 0.2) is 18.5 Å². The van der Waals surface area contributed by atoms with Gasteiger partial charge < -0.3 is 10.0 Å². The Morgan fingerprint density at radius 3 is 3.14 bits per heavy atom. The first-order chi connectivity index (χ1) is 10.1. The van der Waals surface area contributed by atoms with Gasteiger partial charge in [0.1, 0.15) is 0 Å². The predicted octanol–water partition coefficient (Wildman–Crippen LogP) is 1.66. The van der Waals surface area contributed by atoms with E-state index in [1.807, 2.05) is 19.3 Å². The number of fused-ring (bicyclic) bond motifs is 2. The molecule has 0 radical (unpaired) electrons. The van der Waals surface area contributed by atoms with Crippen molar-refractivity contribution in [3.05, 3.63) is 18.5 Å². The first kappa shape index (κ1) is 12.6. The van der Waals surface area contributed by atoms with Crippen molar-refractivity contribution in [1.82, 2.24) is 14.8 Å². The highest BCUT2D eigenvalue weighted by atomic mass is 16.4. The van der Waals surface area contributed by atoms with E-state index < -0.39 is 11.4 Å². The number of aryl methyl sites for hydroxylation is 1. The molecule has 110 valence electrons. The molecule has 2 aromatic heterocycles. The maximum atomic E-state index is 11.8. The molecular weight excluding hydrogens is 268 g/mol. The molecule has 2 atom stereocenters. The van der Waals surface area contributed by atoms with Gasteiger partial charge in [0.25, 0.3) is 0 Å². The number of pyridine rings is 1. The van der Waals surface area contributed by atoms with Crippen molar-refractivity contribution < 1.29 is 9.90 Å². The molecule has 0 amide bonds. The number of carboxylic acids is 1. The fourth-order valence-corrected chi connectivity index (χ4v) is 4.13. The lowest BCUT2D eigenvalue weighted by Crippen LogP contribution is -2.35. The van der Waals surface area contributed by atoms with Crippen molar-refractivity contribution in [2.24, 2.45) is 18.4 Å². The number of anilines is 1. The average Bonchev–Trinajstić information content (AvgIpc) is 3.11. The first-order valence-corrected chi connectivity index (χ1v) is 7.37.